The lowest BCUT2D eigenvalue weighted by Gasteiger charge is -2.18. The van der Waals surface area contributed by atoms with Crippen LogP contribution in [0.1, 0.15) is 42.4 Å². The summed E-state index contributed by atoms with van der Waals surface area (Å²) in [5, 5.41) is 11.7. The van der Waals surface area contributed by atoms with Gasteiger partial charge in [0.15, 0.2) is 5.65 Å². The first kappa shape index (κ1) is 21.7. The summed E-state index contributed by atoms with van der Waals surface area (Å²) in [6.45, 7) is 3.06. The molecule has 9 nitrogen and oxygen atoms in total. The molecule has 0 aromatic carbocycles. The third-order valence-electron chi connectivity index (χ3n) is 5.59. The lowest BCUT2D eigenvalue weighted by atomic mass is 10.2. The Bertz CT molecular complexity index is 1350. The number of rotatable bonds is 5. The van der Waals surface area contributed by atoms with Gasteiger partial charge in [0.05, 0.1) is 11.8 Å². The van der Waals surface area contributed by atoms with Crippen LogP contribution >= 0.6 is 22.9 Å². The molecular formula is C20H19ClF2N8OS. The van der Waals surface area contributed by atoms with Crippen molar-refractivity contribution in [2.75, 3.05) is 16.8 Å². The zero-order valence-electron chi connectivity index (χ0n) is 17.7. The number of carbonyl (C=O) groups is 1. The van der Waals surface area contributed by atoms with Gasteiger partial charge in [0.1, 0.15) is 20.7 Å². The third kappa shape index (κ3) is 3.93. The lowest BCUT2D eigenvalue weighted by molar-refractivity contribution is 0.101. The van der Waals surface area contributed by atoms with E-state index in [1.165, 1.54) is 10.9 Å². The van der Waals surface area contributed by atoms with Gasteiger partial charge in [-0.25, -0.2) is 18.3 Å². The summed E-state index contributed by atoms with van der Waals surface area (Å²) < 4.78 is 29.1. The first-order valence-electron chi connectivity index (χ1n) is 10.2. The van der Waals surface area contributed by atoms with Gasteiger partial charge >= 0.3 is 0 Å². The van der Waals surface area contributed by atoms with Crippen LogP contribution in [0.5, 0.6) is 0 Å². The highest BCUT2D eigenvalue weighted by molar-refractivity contribution is 7.19. The van der Waals surface area contributed by atoms with Crippen molar-refractivity contribution in [2.24, 2.45) is 7.05 Å². The molecule has 172 valence electrons. The Morgan fingerprint density at radius 1 is 1.36 bits per heavy atom. The van der Waals surface area contributed by atoms with Gasteiger partial charge in [0.2, 0.25) is 5.95 Å². The molecule has 1 aliphatic heterocycles. The van der Waals surface area contributed by atoms with Crippen molar-refractivity contribution >= 4 is 46.1 Å². The SMILES string of the molecule is C[C@H]1CCCN1c1nc2cc(NC(=O)c3c(-c4nc(C(F)F)c(Cl)s4)cnn3C)ccn2n1. The van der Waals surface area contributed by atoms with Crippen molar-refractivity contribution in [3.63, 3.8) is 0 Å². The van der Waals surface area contributed by atoms with Crippen LogP contribution in [0.4, 0.5) is 20.4 Å². The monoisotopic (exact) mass is 492 g/mol. The maximum Gasteiger partial charge on any atom is 0.282 e. The van der Waals surface area contributed by atoms with E-state index in [0.29, 0.717) is 28.9 Å². The summed E-state index contributed by atoms with van der Waals surface area (Å²) >= 11 is 6.78. The van der Waals surface area contributed by atoms with E-state index < -0.39 is 18.0 Å². The molecule has 13 heteroatoms. The van der Waals surface area contributed by atoms with E-state index in [4.69, 9.17) is 11.6 Å². The zero-order valence-corrected chi connectivity index (χ0v) is 19.2. The number of amides is 1. The normalized spacial score (nSPS) is 16.3. The summed E-state index contributed by atoms with van der Waals surface area (Å²) in [5.41, 5.74) is 1.10. The Morgan fingerprint density at radius 3 is 2.88 bits per heavy atom. The summed E-state index contributed by atoms with van der Waals surface area (Å²) in [7, 11) is 1.59. The number of hydrogen-bond acceptors (Lipinski definition) is 7. The molecule has 5 heterocycles. The number of aryl methyl sites for hydroxylation is 1. The van der Waals surface area contributed by atoms with Gasteiger partial charge in [-0.05, 0) is 25.8 Å². The fourth-order valence-electron chi connectivity index (χ4n) is 3.92. The van der Waals surface area contributed by atoms with E-state index in [9.17, 15) is 13.6 Å². The number of carbonyl (C=O) groups excluding carboxylic acids is 1. The number of thiazole rings is 1. The highest BCUT2D eigenvalue weighted by atomic mass is 35.5. The molecule has 5 rings (SSSR count). The predicted molar refractivity (Wildman–Crippen MR) is 121 cm³/mol. The Morgan fingerprint density at radius 2 is 2.18 bits per heavy atom. The molecule has 0 radical (unpaired) electrons. The molecule has 1 fully saturated rings. The predicted octanol–water partition coefficient (Wildman–Crippen LogP) is 4.42. The van der Waals surface area contributed by atoms with E-state index in [-0.39, 0.29) is 15.0 Å². The molecule has 0 saturated carbocycles. The number of nitrogens with zero attached hydrogens (tertiary/aromatic N) is 7. The highest BCUT2D eigenvalue weighted by Crippen LogP contribution is 2.37. The minimum atomic E-state index is -2.81. The highest BCUT2D eigenvalue weighted by Gasteiger charge is 2.26. The second-order valence-electron chi connectivity index (χ2n) is 7.78. The van der Waals surface area contributed by atoms with E-state index in [2.05, 4.69) is 37.3 Å². The largest absolute Gasteiger partial charge is 0.337 e. The lowest BCUT2D eigenvalue weighted by Crippen LogP contribution is -2.27. The summed E-state index contributed by atoms with van der Waals surface area (Å²) in [4.78, 5) is 23.8. The Kier molecular flexibility index (Phi) is 5.49. The maximum atomic E-state index is 13.1. The first-order valence-corrected chi connectivity index (χ1v) is 11.4. The van der Waals surface area contributed by atoms with Crippen LogP contribution in [-0.2, 0) is 7.05 Å². The van der Waals surface area contributed by atoms with Crippen LogP contribution in [0.2, 0.25) is 4.34 Å². The Balaban J connectivity index is 1.42. The maximum absolute atomic E-state index is 13.1. The third-order valence-corrected chi connectivity index (χ3v) is 6.91. The van der Waals surface area contributed by atoms with E-state index in [1.807, 2.05) is 0 Å². The van der Waals surface area contributed by atoms with Gasteiger partial charge in [0, 0.05) is 37.6 Å². The van der Waals surface area contributed by atoms with Gasteiger partial charge in [-0.3, -0.25) is 9.48 Å². The van der Waals surface area contributed by atoms with Crippen molar-refractivity contribution in [1.82, 2.24) is 29.4 Å². The van der Waals surface area contributed by atoms with Crippen LogP contribution < -0.4 is 10.2 Å². The van der Waals surface area contributed by atoms with Gasteiger partial charge in [-0.2, -0.15) is 10.1 Å². The summed E-state index contributed by atoms with van der Waals surface area (Å²) in [5.74, 6) is 0.194. The molecule has 1 atom stereocenters. The second-order valence-corrected chi connectivity index (χ2v) is 9.38. The quantitative estimate of drug-likeness (QED) is 0.443. The Labute approximate surface area is 196 Å². The number of hydrogen-bond donors (Lipinski definition) is 1. The molecular weight excluding hydrogens is 474 g/mol. The molecule has 0 aliphatic carbocycles. The number of alkyl halides is 2. The zero-order chi connectivity index (χ0) is 23.3. The number of fused-ring (bicyclic) bond motifs is 1. The molecule has 4 aromatic heterocycles. The number of pyridine rings is 1. The van der Waals surface area contributed by atoms with Crippen molar-refractivity contribution in [1.29, 1.82) is 0 Å². The molecule has 1 N–H and O–H groups in total. The molecule has 0 unspecified atom stereocenters. The van der Waals surface area contributed by atoms with E-state index in [0.717, 1.165) is 30.7 Å². The van der Waals surface area contributed by atoms with E-state index in [1.54, 1.807) is 29.9 Å². The van der Waals surface area contributed by atoms with Gasteiger partial charge in [0.25, 0.3) is 12.3 Å². The van der Waals surface area contributed by atoms with Crippen molar-refractivity contribution in [3.8, 4) is 10.6 Å². The smallest absolute Gasteiger partial charge is 0.282 e. The number of nitrogens with one attached hydrogen (secondary N) is 1. The van der Waals surface area contributed by atoms with Crippen LogP contribution in [0.15, 0.2) is 24.5 Å². The molecule has 1 aliphatic rings. The molecule has 1 amide bonds. The molecule has 33 heavy (non-hydrogen) atoms. The average Bonchev–Trinajstić information content (AvgIpc) is 3.53. The fourth-order valence-corrected chi connectivity index (χ4v) is 5.07. The number of aromatic nitrogens is 6. The average molecular weight is 493 g/mol. The standard InChI is InChI=1S/C20H19ClF2N8OS/c1-10-4-3-6-30(10)20-26-13-8-11(5-7-31(13)28-20)25-18(32)15-12(9-24-29(15)2)19-27-14(17(22)23)16(21)33-19/h5,7-10,17H,3-4,6H2,1-2H3,(H,25,32)/t10-/m0/s1. The van der Waals surface area contributed by atoms with Crippen LogP contribution in [-0.4, -0.2) is 47.9 Å². The first-order chi connectivity index (χ1) is 15.8. The minimum Gasteiger partial charge on any atom is -0.337 e. The Hall–Kier alpha value is -3.12. The van der Waals surface area contributed by atoms with Crippen molar-refractivity contribution in [2.45, 2.75) is 32.2 Å². The molecule has 0 spiro atoms. The summed E-state index contributed by atoms with van der Waals surface area (Å²) in [6, 6.07) is 3.82. The van der Waals surface area contributed by atoms with Gasteiger partial charge in [-0.1, -0.05) is 11.6 Å². The summed E-state index contributed by atoms with van der Waals surface area (Å²) in [6.07, 6.45) is 2.54. The van der Waals surface area contributed by atoms with Crippen LogP contribution in [0.3, 0.4) is 0 Å². The van der Waals surface area contributed by atoms with Crippen molar-refractivity contribution < 1.29 is 13.6 Å². The minimum absolute atomic E-state index is 0.115. The van der Waals surface area contributed by atoms with Gasteiger partial charge in [-0.15, -0.1) is 16.4 Å². The van der Waals surface area contributed by atoms with Gasteiger partial charge < -0.3 is 10.2 Å². The van der Waals surface area contributed by atoms with Crippen molar-refractivity contribution in [3.05, 3.63) is 40.3 Å². The van der Waals surface area contributed by atoms with Crippen LogP contribution in [0.25, 0.3) is 16.2 Å². The molecule has 4 aromatic rings. The topological polar surface area (TPSA) is 93.2 Å². The van der Waals surface area contributed by atoms with Crippen LogP contribution in [0, 0.1) is 0 Å². The fraction of sp³-hybridized carbons (Fsp3) is 0.350. The second kappa shape index (κ2) is 8.34. The number of anilines is 2. The molecule has 1 saturated heterocycles. The van der Waals surface area contributed by atoms with E-state index >= 15 is 0 Å². The molecule has 0 bridgehead atoms. The number of halogens is 3.